The van der Waals surface area contributed by atoms with Gasteiger partial charge in [0.25, 0.3) is 0 Å². The van der Waals surface area contributed by atoms with Gasteiger partial charge < -0.3 is 5.32 Å². The number of aryl methyl sites for hydroxylation is 2. The molecule has 112 valence electrons. The van der Waals surface area contributed by atoms with Crippen LogP contribution in [0.4, 0.5) is 11.5 Å². The predicted octanol–water partition coefficient (Wildman–Crippen LogP) is 5.04. The Bertz CT molecular complexity index is 826. The Labute approximate surface area is 138 Å². The fourth-order valence-electron chi connectivity index (χ4n) is 3.06. The van der Waals surface area contributed by atoms with Crippen LogP contribution in [-0.4, -0.2) is 16.2 Å². The minimum absolute atomic E-state index is 0.950. The van der Waals surface area contributed by atoms with Crippen LogP contribution in [0.5, 0.6) is 0 Å². The minimum atomic E-state index is 0.950. The van der Waals surface area contributed by atoms with Crippen molar-refractivity contribution >= 4 is 44.8 Å². The maximum atomic E-state index is 4.53. The van der Waals surface area contributed by atoms with Crippen LogP contribution in [0.25, 0.3) is 10.2 Å². The predicted molar refractivity (Wildman–Crippen MR) is 95.6 cm³/mol. The Morgan fingerprint density at radius 2 is 2.00 bits per heavy atom. The van der Waals surface area contributed by atoms with Gasteiger partial charge in [0.15, 0.2) is 0 Å². The molecule has 2 aromatic heterocycles. The highest BCUT2D eigenvalue weighted by molar-refractivity contribution is 7.98. The summed E-state index contributed by atoms with van der Waals surface area (Å²) in [5.74, 6) is 0.950. The fraction of sp³-hybridized carbons (Fsp3) is 0.294. The van der Waals surface area contributed by atoms with Crippen LogP contribution >= 0.6 is 23.1 Å². The van der Waals surface area contributed by atoms with E-state index in [1.54, 1.807) is 18.1 Å². The van der Waals surface area contributed by atoms with Gasteiger partial charge in [0.1, 0.15) is 17.0 Å². The Morgan fingerprint density at radius 1 is 1.14 bits per heavy atom. The number of nitrogens with one attached hydrogen (secondary N) is 1. The summed E-state index contributed by atoms with van der Waals surface area (Å²) < 4.78 is 0. The molecule has 1 N–H and O–H groups in total. The van der Waals surface area contributed by atoms with Crippen molar-refractivity contribution in [2.24, 2.45) is 0 Å². The van der Waals surface area contributed by atoms with Crippen molar-refractivity contribution in [1.82, 2.24) is 9.97 Å². The molecule has 0 aliphatic heterocycles. The molecule has 1 aliphatic rings. The molecule has 2 heterocycles. The molecule has 4 rings (SSSR count). The lowest BCUT2D eigenvalue weighted by Crippen LogP contribution is -2.01. The minimum Gasteiger partial charge on any atom is -0.339 e. The highest BCUT2D eigenvalue weighted by Crippen LogP contribution is 2.39. The fourth-order valence-corrected chi connectivity index (χ4v) is 4.84. The van der Waals surface area contributed by atoms with Gasteiger partial charge in [0.05, 0.1) is 11.1 Å². The third kappa shape index (κ3) is 2.38. The van der Waals surface area contributed by atoms with Crippen molar-refractivity contribution in [2.45, 2.75) is 30.6 Å². The first-order valence-electron chi connectivity index (χ1n) is 7.52. The van der Waals surface area contributed by atoms with Crippen molar-refractivity contribution in [2.75, 3.05) is 11.6 Å². The average molecular weight is 327 g/mol. The molecule has 0 saturated heterocycles. The number of fused-ring (bicyclic) bond motifs is 3. The molecule has 1 aliphatic carbocycles. The van der Waals surface area contributed by atoms with Crippen LogP contribution in [0.15, 0.2) is 35.5 Å². The number of thioether (sulfide) groups is 1. The molecule has 5 heteroatoms. The molecule has 0 atom stereocenters. The number of aromatic nitrogens is 2. The summed E-state index contributed by atoms with van der Waals surface area (Å²) in [7, 11) is 0. The zero-order valence-corrected chi connectivity index (χ0v) is 14.1. The second kappa shape index (κ2) is 5.89. The van der Waals surface area contributed by atoms with E-state index >= 15 is 0 Å². The highest BCUT2D eigenvalue weighted by atomic mass is 32.2. The van der Waals surface area contributed by atoms with Crippen LogP contribution < -0.4 is 5.32 Å². The lowest BCUT2D eigenvalue weighted by Gasteiger charge is -2.13. The smallest absolute Gasteiger partial charge is 0.142 e. The van der Waals surface area contributed by atoms with Crippen LogP contribution in [-0.2, 0) is 12.8 Å². The Balaban J connectivity index is 1.83. The number of hydrogen-bond acceptors (Lipinski definition) is 5. The molecule has 0 amide bonds. The number of para-hydroxylation sites is 1. The summed E-state index contributed by atoms with van der Waals surface area (Å²) in [5, 5.41) is 4.77. The third-order valence-corrected chi connectivity index (χ3v) is 6.11. The summed E-state index contributed by atoms with van der Waals surface area (Å²) in [5.41, 5.74) is 2.58. The van der Waals surface area contributed by atoms with Gasteiger partial charge in [-0.1, -0.05) is 12.1 Å². The van der Waals surface area contributed by atoms with E-state index in [0.29, 0.717) is 0 Å². The number of benzene rings is 1. The van der Waals surface area contributed by atoms with E-state index in [1.807, 2.05) is 11.3 Å². The topological polar surface area (TPSA) is 37.8 Å². The van der Waals surface area contributed by atoms with Gasteiger partial charge in [0.2, 0.25) is 0 Å². The molecule has 0 saturated carbocycles. The quantitative estimate of drug-likeness (QED) is 0.684. The molecule has 3 nitrogen and oxygen atoms in total. The molecule has 3 aromatic rings. The van der Waals surface area contributed by atoms with Crippen LogP contribution in [0.1, 0.15) is 23.3 Å². The Kier molecular flexibility index (Phi) is 3.76. The lowest BCUT2D eigenvalue weighted by atomic mass is 9.97. The van der Waals surface area contributed by atoms with Crippen molar-refractivity contribution in [3.63, 3.8) is 0 Å². The number of rotatable bonds is 3. The van der Waals surface area contributed by atoms with Crippen LogP contribution in [0, 0.1) is 0 Å². The van der Waals surface area contributed by atoms with E-state index in [2.05, 4.69) is 45.8 Å². The Morgan fingerprint density at radius 3 is 2.91 bits per heavy atom. The van der Waals surface area contributed by atoms with Gasteiger partial charge in [-0.2, -0.15) is 0 Å². The normalized spacial score (nSPS) is 14.0. The lowest BCUT2D eigenvalue weighted by molar-refractivity contribution is 0.700. The second-order valence-corrected chi connectivity index (χ2v) is 7.37. The highest BCUT2D eigenvalue weighted by Gasteiger charge is 2.20. The summed E-state index contributed by atoms with van der Waals surface area (Å²) in [4.78, 5) is 12.9. The van der Waals surface area contributed by atoms with Gasteiger partial charge in [-0.15, -0.1) is 23.1 Å². The second-order valence-electron chi connectivity index (χ2n) is 5.44. The van der Waals surface area contributed by atoms with Crippen molar-refractivity contribution in [3.05, 3.63) is 41.0 Å². The van der Waals surface area contributed by atoms with Gasteiger partial charge >= 0.3 is 0 Å². The van der Waals surface area contributed by atoms with Gasteiger partial charge in [0, 0.05) is 9.77 Å². The molecule has 0 fully saturated rings. The molecular weight excluding hydrogens is 310 g/mol. The van der Waals surface area contributed by atoms with Gasteiger partial charge in [-0.05, 0) is 49.6 Å². The molecule has 0 radical (unpaired) electrons. The first-order valence-corrected chi connectivity index (χ1v) is 9.56. The van der Waals surface area contributed by atoms with E-state index in [0.717, 1.165) is 22.8 Å². The molecule has 1 aromatic carbocycles. The average Bonchev–Trinajstić information content (AvgIpc) is 2.95. The van der Waals surface area contributed by atoms with Gasteiger partial charge in [-0.25, -0.2) is 9.97 Å². The van der Waals surface area contributed by atoms with Crippen molar-refractivity contribution < 1.29 is 0 Å². The van der Waals surface area contributed by atoms with E-state index in [1.165, 1.54) is 40.0 Å². The maximum absolute atomic E-state index is 4.53. The summed E-state index contributed by atoms with van der Waals surface area (Å²) >= 11 is 3.59. The maximum Gasteiger partial charge on any atom is 0.142 e. The van der Waals surface area contributed by atoms with E-state index in [9.17, 15) is 0 Å². The first kappa shape index (κ1) is 14.0. The standard InChI is InChI=1S/C17H17N3S2/c1-21-14-9-5-3-7-12(14)20-16-15-11-6-2-4-8-13(11)22-17(15)19-10-18-16/h3,5,7,9-10H,2,4,6,8H2,1H3,(H,18,19,20). The van der Waals surface area contributed by atoms with Crippen molar-refractivity contribution in [3.8, 4) is 0 Å². The van der Waals surface area contributed by atoms with Crippen LogP contribution in [0.3, 0.4) is 0 Å². The van der Waals surface area contributed by atoms with E-state index in [-0.39, 0.29) is 0 Å². The number of thiophene rings is 1. The van der Waals surface area contributed by atoms with Gasteiger partial charge in [-0.3, -0.25) is 0 Å². The molecule has 0 bridgehead atoms. The largest absolute Gasteiger partial charge is 0.339 e. The van der Waals surface area contributed by atoms with Crippen molar-refractivity contribution in [1.29, 1.82) is 0 Å². The Hall–Kier alpha value is -1.59. The molecular formula is C17H17N3S2. The SMILES string of the molecule is CSc1ccccc1Nc1ncnc2sc3c(c12)CCCC3. The number of hydrogen-bond donors (Lipinski definition) is 1. The van der Waals surface area contributed by atoms with E-state index < -0.39 is 0 Å². The zero-order valence-electron chi connectivity index (χ0n) is 12.4. The molecule has 0 unspecified atom stereocenters. The monoisotopic (exact) mass is 327 g/mol. The molecule has 22 heavy (non-hydrogen) atoms. The summed E-state index contributed by atoms with van der Waals surface area (Å²) in [6.07, 6.45) is 8.69. The van der Waals surface area contributed by atoms with E-state index in [4.69, 9.17) is 0 Å². The third-order valence-electron chi connectivity index (χ3n) is 4.11. The summed E-state index contributed by atoms with van der Waals surface area (Å²) in [6, 6.07) is 8.37. The molecule has 0 spiro atoms. The number of nitrogens with zero attached hydrogens (tertiary/aromatic N) is 2. The van der Waals surface area contributed by atoms with Crippen LogP contribution in [0.2, 0.25) is 0 Å². The number of anilines is 2. The summed E-state index contributed by atoms with van der Waals surface area (Å²) in [6.45, 7) is 0. The zero-order chi connectivity index (χ0) is 14.9. The first-order chi connectivity index (χ1) is 10.9.